The van der Waals surface area contributed by atoms with Crippen molar-refractivity contribution in [1.29, 1.82) is 0 Å². The lowest BCUT2D eigenvalue weighted by Gasteiger charge is -2.11. The van der Waals surface area contributed by atoms with Gasteiger partial charge in [0.25, 0.3) is 0 Å². The first-order valence-electron chi connectivity index (χ1n) is 3.17. The molecule has 0 heterocycles. The zero-order valence-corrected chi connectivity index (χ0v) is 7.21. The third-order valence-corrected chi connectivity index (χ3v) is 1.76. The van der Waals surface area contributed by atoms with Gasteiger partial charge < -0.3 is 4.52 Å². The Morgan fingerprint density at radius 1 is 1.70 bits per heavy atom. The smallest absolute Gasteiger partial charge is 0.125 e. The van der Waals surface area contributed by atoms with Gasteiger partial charge in [-0.25, -0.2) is 0 Å². The fourth-order valence-electron chi connectivity index (χ4n) is 0.870. The monoisotopic (exact) mass is 154 g/mol. The Balaban J connectivity index is 2.83. The Morgan fingerprint density at radius 2 is 2.40 bits per heavy atom. The van der Waals surface area contributed by atoms with E-state index in [1.807, 2.05) is 6.08 Å². The Hall–Kier alpha value is -0.550. The van der Waals surface area contributed by atoms with Crippen LogP contribution in [0, 0.1) is 0 Å². The summed E-state index contributed by atoms with van der Waals surface area (Å²) in [5.41, 5.74) is 2.28. The summed E-state index contributed by atoms with van der Waals surface area (Å²) in [4.78, 5) is 0. The van der Waals surface area contributed by atoms with Crippen LogP contribution >= 0.6 is 9.47 Å². The maximum Gasteiger partial charge on any atom is 0.125 e. The quantitative estimate of drug-likeness (QED) is 0.527. The molecule has 0 saturated carbocycles. The van der Waals surface area contributed by atoms with Crippen molar-refractivity contribution in [2.75, 3.05) is 0 Å². The zero-order chi connectivity index (χ0) is 7.56. The van der Waals surface area contributed by atoms with E-state index >= 15 is 0 Å². The van der Waals surface area contributed by atoms with E-state index in [1.165, 1.54) is 5.57 Å². The van der Waals surface area contributed by atoms with E-state index < -0.39 is 0 Å². The van der Waals surface area contributed by atoms with Gasteiger partial charge in [-0.15, -0.1) is 0 Å². The van der Waals surface area contributed by atoms with Crippen molar-refractivity contribution >= 4 is 9.47 Å². The summed E-state index contributed by atoms with van der Waals surface area (Å²) in [6.07, 6.45) is 5.03. The molecule has 0 saturated heterocycles. The fraction of sp³-hybridized carbons (Fsp3) is 0.250. The number of hydrogen-bond acceptors (Lipinski definition) is 1. The average molecular weight is 154 g/mol. The molecular weight excluding hydrogens is 143 g/mol. The normalized spacial score (nSPS) is 18.0. The summed E-state index contributed by atoms with van der Waals surface area (Å²) in [5.74, 6) is 0.880. The van der Waals surface area contributed by atoms with E-state index in [-0.39, 0.29) is 0 Å². The first-order valence-corrected chi connectivity index (χ1v) is 3.64. The molecule has 0 bridgehead atoms. The second-order valence-electron chi connectivity index (χ2n) is 2.38. The second kappa shape index (κ2) is 3.03. The minimum absolute atomic E-state index is 0.880. The summed E-state index contributed by atoms with van der Waals surface area (Å²) in [6, 6.07) is 0. The highest BCUT2D eigenvalue weighted by Gasteiger charge is 2.05. The summed E-state index contributed by atoms with van der Waals surface area (Å²) in [6.45, 7) is 5.90. The summed E-state index contributed by atoms with van der Waals surface area (Å²) in [7, 11) is 2.23. The summed E-state index contributed by atoms with van der Waals surface area (Å²) >= 11 is 0. The number of hydrogen-bond donors (Lipinski definition) is 0. The second-order valence-corrected chi connectivity index (χ2v) is 2.62. The van der Waals surface area contributed by atoms with E-state index in [1.54, 1.807) is 0 Å². The van der Waals surface area contributed by atoms with Crippen LogP contribution in [0.5, 0.6) is 0 Å². The Morgan fingerprint density at radius 3 is 2.90 bits per heavy atom. The van der Waals surface area contributed by atoms with Crippen LogP contribution in [0.15, 0.2) is 35.6 Å². The molecule has 0 N–H and O–H groups in total. The van der Waals surface area contributed by atoms with Gasteiger partial charge in [0, 0.05) is 0 Å². The molecule has 0 amide bonds. The molecule has 1 atom stereocenters. The first kappa shape index (κ1) is 7.56. The Labute approximate surface area is 63.7 Å². The molecule has 1 aliphatic rings. The lowest BCUT2D eigenvalue weighted by molar-refractivity contribution is 0.504. The minimum Gasteiger partial charge on any atom is -0.480 e. The molecule has 1 unspecified atom stereocenters. The highest BCUT2D eigenvalue weighted by molar-refractivity contribution is 7.10. The molecule has 0 spiro atoms. The standard InChI is InChI=1S/C8H11OP/c1-6-3-4-7(2)8(5-6)9-10/h3,5H,2,4,10H2,1H3. The van der Waals surface area contributed by atoms with E-state index in [9.17, 15) is 0 Å². The maximum atomic E-state index is 5.01. The lowest BCUT2D eigenvalue weighted by atomic mass is 10.0. The van der Waals surface area contributed by atoms with Crippen molar-refractivity contribution in [3.8, 4) is 0 Å². The molecule has 0 aliphatic heterocycles. The van der Waals surface area contributed by atoms with E-state index in [2.05, 4.69) is 29.0 Å². The molecule has 0 radical (unpaired) electrons. The third kappa shape index (κ3) is 1.48. The first-order chi connectivity index (χ1) is 4.74. The van der Waals surface area contributed by atoms with Crippen molar-refractivity contribution in [2.45, 2.75) is 13.3 Å². The van der Waals surface area contributed by atoms with Gasteiger partial charge in [0.2, 0.25) is 0 Å². The molecule has 0 aromatic heterocycles. The lowest BCUT2D eigenvalue weighted by Crippen LogP contribution is -1.92. The predicted octanol–water partition coefficient (Wildman–Crippen LogP) is 2.58. The largest absolute Gasteiger partial charge is 0.480 e. The van der Waals surface area contributed by atoms with Gasteiger partial charge in [-0.1, -0.05) is 18.2 Å². The van der Waals surface area contributed by atoms with Gasteiger partial charge in [-0.05, 0) is 25.0 Å². The van der Waals surface area contributed by atoms with Gasteiger partial charge in [0.05, 0.1) is 9.47 Å². The van der Waals surface area contributed by atoms with Crippen molar-refractivity contribution < 1.29 is 4.52 Å². The zero-order valence-electron chi connectivity index (χ0n) is 6.05. The van der Waals surface area contributed by atoms with E-state index in [0.29, 0.717) is 0 Å². The molecule has 0 aromatic carbocycles. The summed E-state index contributed by atoms with van der Waals surface area (Å²) < 4.78 is 5.01. The maximum absolute atomic E-state index is 5.01. The molecule has 10 heavy (non-hydrogen) atoms. The van der Waals surface area contributed by atoms with Gasteiger partial charge >= 0.3 is 0 Å². The van der Waals surface area contributed by atoms with Crippen LogP contribution in [0.2, 0.25) is 0 Å². The highest BCUT2D eigenvalue weighted by atomic mass is 31.0. The topological polar surface area (TPSA) is 9.23 Å². The van der Waals surface area contributed by atoms with E-state index in [4.69, 9.17) is 4.52 Å². The fourth-order valence-corrected chi connectivity index (χ4v) is 1.10. The third-order valence-electron chi connectivity index (χ3n) is 1.50. The molecule has 0 aromatic rings. The molecule has 1 nitrogen and oxygen atoms in total. The van der Waals surface area contributed by atoms with Crippen LogP contribution < -0.4 is 0 Å². The van der Waals surface area contributed by atoms with E-state index in [0.717, 1.165) is 17.8 Å². The van der Waals surface area contributed by atoms with Crippen molar-refractivity contribution in [3.63, 3.8) is 0 Å². The molecule has 1 rings (SSSR count). The van der Waals surface area contributed by atoms with Gasteiger partial charge in [-0.3, -0.25) is 0 Å². The molecular formula is C8H11OP. The van der Waals surface area contributed by atoms with Gasteiger partial charge in [0.1, 0.15) is 5.76 Å². The average Bonchev–Trinajstić information content (AvgIpc) is 1.94. The van der Waals surface area contributed by atoms with Crippen LogP contribution in [0.1, 0.15) is 13.3 Å². The Kier molecular flexibility index (Phi) is 2.29. The molecule has 54 valence electrons. The molecule has 2 heteroatoms. The van der Waals surface area contributed by atoms with Crippen LogP contribution in [-0.2, 0) is 4.52 Å². The highest BCUT2D eigenvalue weighted by Crippen LogP contribution is 2.23. The van der Waals surface area contributed by atoms with Crippen LogP contribution in [-0.4, -0.2) is 0 Å². The van der Waals surface area contributed by atoms with Crippen LogP contribution in [0.25, 0.3) is 0 Å². The van der Waals surface area contributed by atoms with Crippen molar-refractivity contribution in [1.82, 2.24) is 0 Å². The van der Waals surface area contributed by atoms with Crippen LogP contribution in [0.4, 0.5) is 0 Å². The van der Waals surface area contributed by atoms with Crippen molar-refractivity contribution in [3.05, 3.63) is 35.6 Å². The number of rotatable bonds is 1. The molecule has 0 fully saturated rings. The predicted molar refractivity (Wildman–Crippen MR) is 46.4 cm³/mol. The van der Waals surface area contributed by atoms with Crippen molar-refractivity contribution in [2.24, 2.45) is 0 Å². The minimum atomic E-state index is 0.880. The van der Waals surface area contributed by atoms with Gasteiger partial charge in [0.15, 0.2) is 0 Å². The van der Waals surface area contributed by atoms with Gasteiger partial charge in [-0.2, -0.15) is 0 Å². The van der Waals surface area contributed by atoms with Crippen LogP contribution in [0.3, 0.4) is 0 Å². The number of allylic oxidation sites excluding steroid dienone is 4. The SMILES string of the molecule is C=C1CC=C(C)C=C1OP. The molecule has 1 aliphatic carbocycles. The summed E-state index contributed by atoms with van der Waals surface area (Å²) in [5, 5.41) is 0. The Bertz CT molecular complexity index is 213.